The van der Waals surface area contributed by atoms with Crippen LogP contribution in [0.3, 0.4) is 0 Å². The zero-order valence-corrected chi connectivity index (χ0v) is 13.9. The number of aromatic nitrogens is 2. The van der Waals surface area contributed by atoms with Crippen molar-refractivity contribution < 1.29 is 4.74 Å². The predicted octanol–water partition coefficient (Wildman–Crippen LogP) is 3.19. The fourth-order valence-electron chi connectivity index (χ4n) is 1.99. The van der Waals surface area contributed by atoms with Crippen molar-refractivity contribution in [1.29, 1.82) is 0 Å². The van der Waals surface area contributed by atoms with Crippen LogP contribution < -0.4 is 10.5 Å². The molecule has 0 aliphatic carbocycles. The Balaban J connectivity index is 2.50. The monoisotopic (exact) mass is 337 g/mol. The highest BCUT2D eigenvalue weighted by molar-refractivity contribution is 9.10. The van der Waals surface area contributed by atoms with Gasteiger partial charge in [0.15, 0.2) is 0 Å². The second kappa shape index (κ2) is 5.58. The molecule has 4 nitrogen and oxygen atoms in total. The van der Waals surface area contributed by atoms with Gasteiger partial charge in [0.2, 0.25) is 0 Å². The van der Waals surface area contributed by atoms with Gasteiger partial charge < -0.3 is 10.5 Å². The average molecular weight is 338 g/mol. The summed E-state index contributed by atoms with van der Waals surface area (Å²) in [5, 5.41) is 4.73. The van der Waals surface area contributed by atoms with E-state index in [9.17, 15) is 0 Å². The van der Waals surface area contributed by atoms with E-state index in [1.54, 1.807) is 7.11 Å². The number of halogens is 1. The van der Waals surface area contributed by atoms with E-state index < -0.39 is 0 Å². The van der Waals surface area contributed by atoms with E-state index in [-0.39, 0.29) is 5.41 Å². The molecule has 2 aromatic rings. The Bertz CT molecular complexity index is 602. The molecule has 0 unspecified atom stereocenters. The Labute approximate surface area is 128 Å². The molecular formula is C15H20BrN3O. The van der Waals surface area contributed by atoms with Crippen LogP contribution in [0.4, 0.5) is 0 Å². The lowest BCUT2D eigenvalue weighted by Crippen LogP contribution is -2.29. The van der Waals surface area contributed by atoms with Gasteiger partial charge >= 0.3 is 0 Å². The summed E-state index contributed by atoms with van der Waals surface area (Å²) in [5.74, 6) is 0.833. The third-order valence-corrected chi connectivity index (χ3v) is 4.46. The molecule has 2 rings (SSSR count). The first-order chi connectivity index (χ1) is 9.40. The Hall–Kier alpha value is -1.33. The topological polar surface area (TPSA) is 53.1 Å². The first kappa shape index (κ1) is 15.1. The number of rotatable bonds is 4. The minimum Gasteiger partial charge on any atom is -0.497 e. The first-order valence-corrected chi connectivity index (χ1v) is 7.30. The van der Waals surface area contributed by atoms with Crippen molar-refractivity contribution in [1.82, 2.24) is 9.78 Å². The zero-order chi connectivity index (χ0) is 14.9. The van der Waals surface area contributed by atoms with Crippen molar-refractivity contribution >= 4 is 15.9 Å². The summed E-state index contributed by atoms with van der Waals surface area (Å²) in [4.78, 5) is 0. The summed E-state index contributed by atoms with van der Waals surface area (Å²) < 4.78 is 8.12. The lowest BCUT2D eigenvalue weighted by atomic mass is 9.89. The van der Waals surface area contributed by atoms with Gasteiger partial charge in [0.05, 0.1) is 28.7 Å². The van der Waals surface area contributed by atoms with Crippen molar-refractivity contribution in [3.8, 4) is 11.4 Å². The van der Waals surface area contributed by atoms with Crippen LogP contribution in [0.15, 0.2) is 28.7 Å². The standard InChI is InChI=1S/C15H20BrN3O/c1-10-13(16)14(15(2,3)9-17)18-19(10)11-5-7-12(20-4)8-6-11/h5-8H,9,17H2,1-4H3. The molecular weight excluding hydrogens is 318 g/mol. The largest absolute Gasteiger partial charge is 0.497 e. The van der Waals surface area contributed by atoms with E-state index in [1.165, 1.54) is 0 Å². The maximum atomic E-state index is 5.86. The lowest BCUT2D eigenvalue weighted by Gasteiger charge is -2.20. The molecule has 0 aliphatic rings. The van der Waals surface area contributed by atoms with Crippen molar-refractivity contribution in [2.75, 3.05) is 13.7 Å². The Kier molecular flexibility index (Phi) is 4.20. The third kappa shape index (κ3) is 2.60. The summed E-state index contributed by atoms with van der Waals surface area (Å²) in [6.45, 7) is 6.78. The van der Waals surface area contributed by atoms with E-state index in [1.807, 2.05) is 35.9 Å². The number of hydrogen-bond acceptors (Lipinski definition) is 3. The van der Waals surface area contributed by atoms with Gasteiger partial charge in [-0.2, -0.15) is 5.10 Å². The highest BCUT2D eigenvalue weighted by Gasteiger charge is 2.27. The number of hydrogen-bond donors (Lipinski definition) is 1. The van der Waals surface area contributed by atoms with Crippen LogP contribution in [0.1, 0.15) is 25.2 Å². The fraction of sp³-hybridized carbons (Fsp3) is 0.400. The van der Waals surface area contributed by atoms with Crippen LogP contribution in [-0.2, 0) is 5.41 Å². The van der Waals surface area contributed by atoms with Gasteiger partial charge in [0, 0.05) is 12.0 Å². The van der Waals surface area contributed by atoms with Gasteiger partial charge in [0.25, 0.3) is 0 Å². The molecule has 108 valence electrons. The van der Waals surface area contributed by atoms with E-state index in [2.05, 4.69) is 29.8 Å². The number of benzene rings is 1. The lowest BCUT2D eigenvalue weighted by molar-refractivity contribution is 0.414. The van der Waals surface area contributed by atoms with Gasteiger partial charge in [-0.1, -0.05) is 13.8 Å². The molecule has 1 heterocycles. The molecule has 0 saturated heterocycles. The van der Waals surface area contributed by atoms with Gasteiger partial charge in [-0.15, -0.1) is 0 Å². The molecule has 0 radical (unpaired) electrons. The Morgan fingerprint density at radius 2 is 1.90 bits per heavy atom. The van der Waals surface area contributed by atoms with Gasteiger partial charge in [-0.05, 0) is 47.1 Å². The molecule has 2 N–H and O–H groups in total. The zero-order valence-electron chi connectivity index (χ0n) is 12.3. The number of methoxy groups -OCH3 is 1. The highest BCUT2D eigenvalue weighted by Crippen LogP contribution is 2.32. The van der Waals surface area contributed by atoms with E-state index in [0.717, 1.165) is 27.3 Å². The minimum absolute atomic E-state index is 0.165. The molecule has 0 saturated carbocycles. The summed E-state index contributed by atoms with van der Waals surface area (Å²) in [5.41, 5.74) is 8.74. The third-order valence-electron chi connectivity index (χ3n) is 3.51. The number of ether oxygens (including phenoxy) is 1. The summed E-state index contributed by atoms with van der Waals surface area (Å²) in [6.07, 6.45) is 0. The first-order valence-electron chi connectivity index (χ1n) is 6.51. The molecule has 1 aromatic carbocycles. The van der Waals surface area contributed by atoms with Crippen molar-refractivity contribution in [3.05, 3.63) is 40.1 Å². The minimum atomic E-state index is -0.165. The second-order valence-electron chi connectivity index (χ2n) is 5.45. The van der Waals surface area contributed by atoms with Crippen molar-refractivity contribution in [2.45, 2.75) is 26.2 Å². The van der Waals surface area contributed by atoms with Crippen LogP contribution in [0.2, 0.25) is 0 Å². The normalized spacial score (nSPS) is 11.7. The van der Waals surface area contributed by atoms with E-state index >= 15 is 0 Å². The smallest absolute Gasteiger partial charge is 0.119 e. The van der Waals surface area contributed by atoms with Crippen LogP contribution in [0.25, 0.3) is 5.69 Å². The molecule has 1 aromatic heterocycles. The predicted molar refractivity (Wildman–Crippen MR) is 84.6 cm³/mol. The molecule has 0 aliphatic heterocycles. The summed E-state index contributed by atoms with van der Waals surface area (Å²) in [7, 11) is 1.66. The van der Waals surface area contributed by atoms with Crippen LogP contribution in [0, 0.1) is 6.92 Å². The molecule has 0 spiro atoms. The SMILES string of the molecule is COc1ccc(-n2nc(C(C)(C)CN)c(Br)c2C)cc1. The van der Waals surface area contributed by atoms with Crippen molar-refractivity contribution in [3.63, 3.8) is 0 Å². The van der Waals surface area contributed by atoms with Crippen LogP contribution in [-0.4, -0.2) is 23.4 Å². The maximum Gasteiger partial charge on any atom is 0.119 e. The van der Waals surface area contributed by atoms with Crippen LogP contribution >= 0.6 is 15.9 Å². The Morgan fingerprint density at radius 3 is 2.40 bits per heavy atom. The van der Waals surface area contributed by atoms with Gasteiger partial charge in [-0.25, -0.2) is 4.68 Å². The highest BCUT2D eigenvalue weighted by atomic mass is 79.9. The van der Waals surface area contributed by atoms with Gasteiger partial charge in [-0.3, -0.25) is 0 Å². The fourth-order valence-corrected chi connectivity index (χ4v) is 2.77. The molecule has 0 bridgehead atoms. The molecule has 0 amide bonds. The quantitative estimate of drug-likeness (QED) is 0.932. The van der Waals surface area contributed by atoms with Crippen LogP contribution in [0.5, 0.6) is 5.75 Å². The molecule has 5 heteroatoms. The number of nitrogens with zero attached hydrogens (tertiary/aromatic N) is 2. The second-order valence-corrected chi connectivity index (χ2v) is 6.24. The summed E-state index contributed by atoms with van der Waals surface area (Å²) >= 11 is 3.64. The van der Waals surface area contributed by atoms with E-state index in [0.29, 0.717) is 6.54 Å². The average Bonchev–Trinajstić information content (AvgIpc) is 2.76. The van der Waals surface area contributed by atoms with E-state index in [4.69, 9.17) is 15.6 Å². The Morgan fingerprint density at radius 1 is 1.30 bits per heavy atom. The number of nitrogens with two attached hydrogens (primary N) is 1. The molecule has 0 fully saturated rings. The van der Waals surface area contributed by atoms with Gasteiger partial charge in [0.1, 0.15) is 5.75 Å². The summed E-state index contributed by atoms with van der Waals surface area (Å²) in [6, 6.07) is 7.84. The van der Waals surface area contributed by atoms with Crippen molar-refractivity contribution in [2.24, 2.45) is 5.73 Å². The maximum absolute atomic E-state index is 5.86. The molecule has 20 heavy (non-hydrogen) atoms. The molecule has 0 atom stereocenters.